The first-order valence-electron chi connectivity index (χ1n) is 8.02. The van der Waals surface area contributed by atoms with Crippen molar-refractivity contribution in [3.8, 4) is 5.75 Å². The van der Waals surface area contributed by atoms with E-state index in [0.29, 0.717) is 23.9 Å². The van der Waals surface area contributed by atoms with Gasteiger partial charge in [-0.05, 0) is 38.1 Å². The number of halogens is 1. The van der Waals surface area contributed by atoms with Crippen molar-refractivity contribution >= 4 is 17.6 Å². The zero-order chi connectivity index (χ0) is 17.2. The maximum absolute atomic E-state index is 6.11. The van der Waals surface area contributed by atoms with Gasteiger partial charge in [0, 0.05) is 12.7 Å². The van der Waals surface area contributed by atoms with Gasteiger partial charge >= 0.3 is 0 Å². The van der Waals surface area contributed by atoms with E-state index in [9.17, 15) is 0 Å². The van der Waals surface area contributed by atoms with Crippen molar-refractivity contribution in [1.29, 1.82) is 0 Å². The third-order valence-corrected chi connectivity index (χ3v) is 3.50. The Hall–Kier alpha value is -2.27. The van der Waals surface area contributed by atoms with Gasteiger partial charge in [-0.25, -0.2) is 4.99 Å². The van der Waals surface area contributed by atoms with E-state index in [1.807, 2.05) is 56.3 Å². The van der Waals surface area contributed by atoms with Crippen LogP contribution in [0.3, 0.4) is 0 Å². The summed E-state index contributed by atoms with van der Waals surface area (Å²) in [5.74, 6) is 1.42. The molecule has 1 aromatic heterocycles. The molecule has 1 atom stereocenters. The van der Waals surface area contributed by atoms with Crippen molar-refractivity contribution in [2.75, 3.05) is 13.1 Å². The van der Waals surface area contributed by atoms with Gasteiger partial charge in [0.15, 0.2) is 5.96 Å². The Morgan fingerprint density at radius 3 is 2.71 bits per heavy atom. The Morgan fingerprint density at radius 1 is 1.21 bits per heavy atom. The molecule has 0 fully saturated rings. The van der Waals surface area contributed by atoms with Crippen LogP contribution < -0.4 is 15.4 Å². The molecule has 0 aliphatic carbocycles. The largest absolute Gasteiger partial charge is 0.487 e. The molecule has 1 aromatic carbocycles. The number of para-hydroxylation sites is 1. The summed E-state index contributed by atoms with van der Waals surface area (Å²) in [4.78, 5) is 8.80. The van der Waals surface area contributed by atoms with Crippen LogP contribution in [0.5, 0.6) is 5.75 Å². The third-order valence-electron chi connectivity index (χ3n) is 3.19. The van der Waals surface area contributed by atoms with Gasteiger partial charge in [0.25, 0.3) is 0 Å². The SMILES string of the molecule is CCNC(=NCc1ccccn1)NCC(C)Oc1ccccc1Cl. The lowest BCUT2D eigenvalue weighted by atomic mass is 10.3. The number of guanidine groups is 1. The van der Waals surface area contributed by atoms with Crippen molar-refractivity contribution in [3.63, 3.8) is 0 Å². The van der Waals surface area contributed by atoms with Crippen molar-refractivity contribution in [3.05, 3.63) is 59.4 Å². The molecule has 1 heterocycles. The molecule has 1 unspecified atom stereocenters. The number of rotatable bonds is 7. The molecule has 6 heteroatoms. The molecule has 0 radical (unpaired) electrons. The molecule has 2 N–H and O–H groups in total. The minimum atomic E-state index is -0.0522. The van der Waals surface area contributed by atoms with E-state index in [1.54, 1.807) is 6.20 Å². The monoisotopic (exact) mass is 346 g/mol. The summed E-state index contributed by atoms with van der Waals surface area (Å²) >= 11 is 6.11. The van der Waals surface area contributed by atoms with Gasteiger partial charge in [0.1, 0.15) is 11.9 Å². The lowest BCUT2D eigenvalue weighted by Gasteiger charge is -2.18. The molecule has 128 valence electrons. The van der Waals surface area contributed by atoms with E-state index < -0.39 is 0 Å². The van der Waals surface area contributed by atoms with Crippen LogP contribution in [-0.4, -0.2) is 30.1 Å². The number of hydrogen-bond donors (Lipinski definition) is 2. The molecule has 0 bridgehead atoms. The Kier molecular flexibility index (Phi) is 7.36. The van der Waals surface area contributed by atoms with Gasteiger partial charge in [0.2, 0.25) is 0 Å². The minimum Gasteiger partial charge on any atom is -0.487 e. The summed E-state index contributed by atoms with van der Waals surface area (Å²) in [6.45, 7) is 5.93. The average Bonchev–Trinajstić information content (AvgIpc) is 2.60. The lowest BCUT2D eigenvalue weighted by molar-refractivity contribution is 0.224. The van der Waals surface area contributed by atoms with E-state index in [-0.39, 0.29) is 6.10 Å². The molecule has 0 saturated heterocycles. The highest BCUT2D eigenvalue weighted by Crippen LogP contribution is 2.23. The van der Waals surface area contributed by atoms with Crippen LogP contribution in [0.4, 0.5) is 0 Å². The van der Waals surface area contributed by atoms with Gasteiger partial charge in [-0.15, -0.1) is 0 Å². The summed E-state index contributed by atoms with van der Waals surface area (Å²) in [6.07, 6.45) is 1.72. The molecular formula is C18H23ClN4O. The Labute approximate surface area is 148 Å². The van der Waals surface area contributed by atoms with Gasteiger partial charge in [-0.1, -0.05) is 29.8 Å². The maximum atomic E-state index is 6.11. The predicted molar refractivity (Wildman–Crippen MR) is 98.6 cm³/mol. The van der Waals surface area contributed by atoms with Crippen molar-refractivity contribution < 1.29 is 4.74 Å². The standard InChI is InChI=1S/C18H23ClN4O/c1-3-20-18(23-13-15-8-6-7-11-21-15)22-12-14(2)24-17-10-5-4-9-16(17)19/h4-11,14H,3,12-13H2,1-2H3,(H2,20,22,23). The van der Waals surface area contributed by atoms with Crippen LogP contribution in [0, 0.1) is 0 Å². The highest BCUT2D eigenvalue weighted by Gasteiger charge is 2.08. The molecule has 0 aliphatic rings. The molecule has 0 aliphatic heterocycles. The summed E-state index contributed by atoms with van der Waals surface area (Å²) in [6, 6.07) is 13.3. The number of ether oxygens (including phenoxy) is 1. The third kappa shape index (κ3) is 6.08. The number of nitrogens with zero attached hydrogens (tertiary/aromatic N) is 2. The maximum Gasteiger partial charge on any atom is 0.191 e. The Bertz CT molecular complexity index is 648. The van der Waals surface area contributed by atoms with Gasteiger partial charge in [0.05, 0.1) is 23.8 Å². The first kappa shape index (κ1) is 18.1. The molecule has 5 nitrogen and oxygen atoms in total. The van der Waals surface area contributed by atoms with Crippen molar-refractivity contribution in [1.82, 2.24) is 15.6 Å². The van der Waals surface area contributed by atoms with Crippen LogP contribution >= 0.6 is 11.6 Å². The van der Waals surface area contributed by atoms with E-state index in [2.05, 4.69) is 20.6 Å². The highest BCUT2D eigenvalue weighted by atomic mass is 35.5. The van der Waals surface area contributed by atoms with Gasteiger partial charge in [-0.2, -0.15) is 0 Å². The fourth-order valence-corrected chi connectivity index (χ4v) is 2.21. The molecule has 0 saturated carbocycles. The normalized spacial score (nSPS) is 12.5. The molecule has 24 heavy (non-hydrogen) atoms. The Balaban J connectivity index is 1.87. The zero-order valence-electron chi connectivity index (χ0n) is 14.0. The zero-order valence-corrected chi connectivity index (χ0v) is 14.8. The summed E-state index contributed by atoms with van der Waals surface area (Å²) in [5, 5.41) is 7.10. The lowest BCUT2D eigenvalue weighted by Crippen LogP contribution is -2.41. The molecule has 2 rings (SSSR count). The van der Waals surface area contributed by atoms with E-state index in [0.717, 1.165) is 18.2 Å². The number of nitrogens with one attached hydrogen (secondary N) is 2. The summed E-state index contributed by atoms with van der Waals surface area (Å²) in [5.41, 5.74) is 0.926. The molecule has 2 aromatic rings. The van der Waals surface area contributed by atoms with E-state index in [4.69, 9.17) is 16.3 Å². The van der Waals surface area contributed by atoms with Crippen LogP contribution in [0.1, 0.15) is 19.5 Å². The van der Waals surface area contributed by atoms with Crippen LogP contribution in [0.2, 0.25) is 5.02 Å². The van der Waals surface area contributed by atoms with Crippen LogP contribution in [0.25, 0.3) is 0 Å². The minimum absolute atomic E-state index is 0.0522. The number of pyridine rings is 1. The van der Waals surface area contributed by atoms with Gasteiger partial charge < -0.3 is 15.4 Å². The number of hydrogen-bond acceptors (Lipinski definition) is 3. The van der Waals surface area contributed by atoms with Crippen LogP contribution in [0.15, 0.2) is 53.7 Å². The fraction of sp³-hybridized carbons (Fsp3) is 0.333. The first-order valence-corrected chi connectivity index (χ1v) is 8.40. The molecule has 0 amide bonds. The number of aliphatic imine (C=N–C) groups is 1. The van der Waals surface area contributed by atoms with E-state index >= 15 is 0 Å². The summed E-state index contributed by atoms with van der Waals surface area (Å²) in [7, 11) is 0. The number of benzene rings is 1. The summed E-state index contributed by atoms with van der Waals surface area (Å²) < 4.78 is 5.85. The first-order chi connectivity index (χ1) is 11.7. The van der Waals surface area contributed by atoms with Crippen molar-refractivity contribution in [2.24, 2.45) is 4.99 Å². The second kappa shape index (κ2) is 9.78. The topological polar surface area (TPSA) is 58.5 Å². The highest BCUT2D eigenvalue weighted by molar-refractivity contribution is 6.32. The van der Waals surface area contributed by atoms with Crippen molar-refractivity contribution in [2.45, 2.75) is 26.5 Å². The Morgan fingerprint density at radius 2 is 2.00 bits per heavy atom. The average molecular weight is 347 g/mol. The second-order valence-electron chi connectivity index (χ2n) is 5.26. The van der Waals surface area contributed by atoms with Gasteiger partial charge in [-0.3, -0.25) is 4.98 Å². The fourth-order valence-electron chi connectivity index (χ4n) is 2.03. The smallest absolute Gasteiger partial charge is 0.191 e. The molecule has 0 spiro atoms. The van der Waals surface area contributed by atoms with E-state index in [1.165, 1.54) is 0 Å². The number of aromatic nitrogens is 1. The predicted octanol–water partition coefficient (Wildman–Crippen LogP) is 3.26. The molecular weight excluding hydrogens is 324 g/mol. The quantitative estimate of drug-likeness (QED) is 0.597. The second-order valence-corrected chi connectivity index (χ2v) is 5.66. The van der Waals surface area contributed by atoms with Crippen LogP contribution in [-0.2, 0) is 6.54 Å².